The van der Waals surface area contributed by atoms with Crippen LogP contribution in [0.5, 0.6) is 0 Å². The van der Waals surface area contributed by atoms with Gasteiger partial charge in [-0.1, -0.05) is 6.92 Å². The Bertz CT molecular complexity index is 512. The van der Waals surface area contributed by atoms with Crippen molar-refractivity contribution in [3.05, 3.63) is 18.0 Å². The van der Waals surface area contributed by atoms with Crippen LogP contribution in [0.2, 0.25) is 0 Å². The molecule has 21 heavy (non-hydrogen) atoms. The van der Waals surface area contributed by atoms with Gasteiger partial charge in [0, 0.05) is 45.2 Å². The number of aryl methyl sites for hydroxylation is 1. The molecule has 1 aromatic rings. The van der Waals surface area contributed by atoms with Crippen LogP contribution >= 0.6 is 0 Å². The molecule has 0 saturated heterocycles. The van der Waals surface area contributed by atoms with E-state index in [-0.39, 0.29) is 0 Å². The largest absolute Gasteiger partial charge is 0.382 e. The number of nitrogens with one attached hydrogen (secondary N) is 2. The molecule has 0 radical (unpaired) electrons. The Labute approximate surface area is 127 Å². The van der Waals surface area contributed by atoms with E-state index in [2.05, 4.69) is 17.0 Å². The van der Waals surface area contributed by atoms with Crippen LogP contribution in [0.3, 0.4) is 0 Å². The highest BCUT2D eigenvalue weighted by Gasteiger charge is 2.16. The Morgan fingerprint density at radius 3 is 2.71 bits per heavy atom. The Morgan fingerprint density at radius 2 is 2.05 bits per heavy atom. The third-order valence-electron chi connectivity index (χ3n) is 3.09. The van der Waals surface area contributed by atoms with Crippen molar-refractivity contribution in [2.45, 2.75) is 38.1 Å². The smallest absolute Gasteiger partial charge is 0.242 e. The summed E-state index contributed by atoms with van der Waals surface area (Å²) < 4.78 is 34.0. The minimum absolute atomic E-state index is 0.315. The molecule has 1 aromatic heterocycles. The second kappa shape index (κ2) is 9.19. The molecule has 1 heterocycles. The Kier molecular flexibility index (Phi) is 7.95. The van der Waals surface area contributed by atoms with Crippen molar-refractivity contribution < 1.29 is 13.2 Å². The lowest BCUT2D eigenvalue weighted by Gasteiger charge is -2.04. The van der Waals surface area contributed by atoms with Crippen molar-refractivity contribution in [1.29, 1.82) is 0 Å². The number of sulfonamides is 1. The summed E-state index contributed by atoms with van der Waals surface area (Å²) >= 11 is 0. The summed E-state index contributed by atoms with van der Waals surface area (Å²) in [6.45, 7) is 7.22. The van der Waals surface area contributed by atoms with Crippen LogP contribution in [0, 0.1) is 0 Å². The summed E-state index contributed by atoms with van der Waals surface area (Å²) in [5.41, 5.74) is 0.957. The third kappa shape index (κ3) is 6.17. The molecule has 0 aliphatic heterocycles. The fourth-order valence-electron chi connectivity index (χ4n) is 1.90. The van der Waals surface area contributed by atoms with Gasteiger partial charge in [0.05, 0.1) is 4.90 Å². The number of hydrogen-bond donors (Lipinski definition) is 2. The topological polar surface area (TPSA) is 72.4 Å². The van der Waals surface area contributed by atoms with E-state index in [0.717, 1.165) is 18.7 Å². The molecular formula is C14H27N3O3S. The average Bonchev–Trinajstić information content (AvgIpc) is 2.81. The minimum atomic E-state index is -3.43. The molecular weight excluding hydrogens is 290 g/mol. The first-order chi connectivity index (χ1) is 10.0. The first kappa shape index (κ1) is 18.2. The number of nitrogens with zero attached hydrogens (tertiary/aromatic N) is 1. The highest BCUT2D eigenvalue weighted by atomic mass is 32.2. The molecule has 0 fully saturated rings. The zero-order valence-corrected chi connectivity index (χ0v) is 14.0. The van der Waals surface area contributed by atoms with Crippen LogP contribution in [0.15, 0.2) is 17.2 Å². The summed E-state index contributed by atoms with van der Waals surface area (Å²) in [5.74, 6) is 0. The standard InChI is InChI=1S/C14H27N3O3S/c1-4-7-15-11-13-10-14(12-17(13)3)21(18,19)16-8-6-9-20-5-2/h10,12,15-16H,4-9,11H2,1-3H3. The average molecular weight is 317 g/mol. The van der Waals surface area contributed by atoms with Crippen LogP contribution in [0.1, 0.15) is 32.4 Å². The zero-order chi connectivity index (χ0) is 15.7. The van der Waals surface area contributed by atoms with Gasteiger partial charge < -0.3 is 14.6 Å². The fourth-order valence-corrected chi connectivity index (χ4v) is 3.07. The van der Waals surface area contributed by atoms with E-state index in [1.54, 1.807) is 12.3 Å². The van der Waals surface area contributed by atoms with Gasteiger partial charge in [0.1, 0.15) is 0 Å². The molecule has 0 unspecified atom stereocenters. The Morgan fingerprint density at radius 1 is 1.29 bits per heavy atom. The van der Waals surface area contributed by atoms with Gasteiger partial charge in [-0.25, -0.2) is 13.1 Å². The van der Waals surface area contributed by atoms with Crippen LogP contribution in [0.25, 0.3) is 0 Å². The van der Waals surface area contributed by atoms with Crippen LogP contribution in [0.4, 0.5) is 0 Å². The van der Waals surface area contributed by atoms with Gasteiger partial charge in [-0.2, -0.15) is 0 Å². The van der Waals surface area contributed by atoms with E-state index in [1.165, 1.54) is 0 Å². The maximum atomic E-state index is 12.2. The van der Waals surface area contributed by atoms with Gasteiger partial charge in [-0.15, -0.1) is 0 Å². The highest BCUT2D eigenvalue weighted by Crippen LogP contribution is 2.13. The van der Waals surface area contributed by atoms with Gasteiger partial charge in [0.15, 0.2) is 0 Å². The minimum Gasteiger partial charge on any atom is -0.382 e. The Balaban J connectivity index is 2.56. The van der Waals surface area contributed by atoms with Crippen molar-refractivity contribution in [2.24, 2.45) is 7.05 Å². The highest BCUT2D eigenvalue weighted by molar-refractivity contribution is 7.89. The third-order valence-corrected chi connectivity index (χ3v) is 4.52. The molecule has 0 bridgehead atoms. The van der Waals surface area contributed by atoms with E-state index >= 15 is 0 Å². The molecule has 2 N–H and O–H groups in total. The normalized spacial score (nSPS) is 12.0. The number of hydrogen-bond acceptors (Lipinski definition) is 4. The molecule has 0 atom stereocenters. The molecule has 0 amide bonds. The molecule has 6 nitrogen and oxygen atoms in total. The van der Waals surface area contributed by atoms with Crippen molar-refractivity contribution in [1.82, 2.24) is 14.6 Å². The monoisotopic (exact) mass is 317 g/mol. The van der Waals surface area contributed by atoms with Crippen LogP contribution < -0.4 is 10.0 Å². The predicted molar refractivity (Wildman–Crippen MR) is 83.7 cm³/mol. The van der Waals surface area contributed by atoms with E-state index < -0.39 is 10.0 Å². The zero-order valence-electron chi connectivity index (χ0n) is 13.2. The second-order valence-electron chi connectivity index (χ2n) is 4.90. The van der Waals surface area contributed by atoms with Crippen molar-refractivity contribution in [3.8, 4) is 0 Å². The molecule has 0 spiro atoms. The van der Waals surface area contributed by atoms with Gasteiger partial charge >= 0.3 is 0 Å². The molecule has 7 heteroatoms. The van der Waals surface area contributed by atoms with Gasteiger partial charge in [0.2, 0.25) is 10.0 Å². The fraction of sp³-hybridized carbons (Fsp3) is 0.714. The first-order valence-corrected chi connectivity index (χ1v) is 8.93. The maximum absolute atomic E-state index is 12.2. The van der Waals surface area contributed by atoms with Gasteiger partial charge in [-0.3, -0.25) is 0 Å². The second-order valence-corrected chi connectivity index (χ2v) is 6.67. The van der Waals surface area contributed by atoms with E-state index in [1.807, 2.05) is 18.5 Å². The van der Waals surface area contributed by atoms with Crippen LogP contribution in [-0.2, 0) is 28.4 Å². The van der Waals surface area contributed by atoms with Crippen molar-refractivity contribution in [3.63, 3.8) is 0 Å². The lowest BCUT2D eigenvalue weighted by molar-refractivity contribution is 0.146. The van der Waals surface area contributed by atoms with E-state index in [4.69, 9.17) is 4.74 Å². The molecule has 0 aromatic carbocycles. The summed E-state index contributed by atoms with van der Waals surface area (Å²) in [6, 6.07) is 1.72. The summed E-state index contributed by atoms with van der Waals surface area (Å²) in [6.07, 6.45) is 3.37. The molecule has 122 valence electrons. The van der Waals surface area contributed by atoms with Crippen LogP contribution in [-0.4, -0.2) is 39.3 Å². The van der Waals surface area contributed by atoms with E-state index in [0.29, 0.717) is 37.6 Å². The Hall–Kier alpha value is -0.890. The number of aromatic nitrogens is 1. The summed E-state index contributed by atoms with van der Waals surface area (Å²) in [7, 11) is -1.58. The first-order valence-electron chi connectivity index (χ1n) is 7.44. The van der Waals surface area contributed by atoms with Gasteiger partial charge in [0.25, 0.3) is 0 Å². The summed E-state index contributed by atoms with van der Waals surface area (Å²) in [5, 5.41) is 3.27. The molecule has 0 aliphatic rings. The van der Waals surface area contributed by atoms with Gasteiger partial charge in [-0.05, 0) is 32.4 Å². The van der Waals surface area contributed by atoms with Crippen molar-refractivity contribution in [2.75, 3.05) is 26.3 Å². The number of ether oxygens (including phenoxy) is 1. The predicted octanol–water partition coefficient (Wildman–Crippen LogP) is 1.23. The molecule has 1 rings (SSSR count). The van der Waals surface area contributed by atoms with E-state index in [9.17, 15) is 8.42 Å². The lowest BCUT2D eigenvalue weighted by Crippen LogP contribution is -2.25. The quantitative estimate of drug-likeness (QED) is 0.602. The molecule has 0 aliphatic carbocycles. The van der Waals surface area contributed by atoms with Crippen molar-refractivity contribution >= 4 is 10.0 Å². The molecule has 0 saturated carbocycles. The summed E-state index contributed by atoms with van der Waals surface area (Å²) in [4.78, 5) is 0.315. The SMILES string of the molecule is CCCNCc1cc(S(=O)(=O)NCCCOCC)cn1C. The lowest BCUT2D eigenvalue weighted by atomic mass is 10.4. The number of rotatable bonds is 11. The maximum Gasteiger partial charge on any atom is 0.242 e.